The van der Waals surface area contributed by atoms with Gasteiger partial charge in [0.1, 0.15) is 5.75 Å². The van der Waals surface area contributed by atoms with E-state index in [1.54, 1.807) is 31.4 Å². The molecule has 0 spiro atoms. The fourth-order valence-corrected chi connectivity index (χ4v) is 5.23. The van der Waals surface area contributed by atoms with E-state index in [9.17, 15) is 13.2 Å². The number of piperidine rings is 1. The van der Waals surface area contributed by atoms with Gasteiger partial charge in [-0.05, 0) is 62.4 Å². The first kappa shape index (κ1) is 22.3. The predicted octanol–water partition coefficient (Wildman–Crippen LogP) is 3.15. The van der Waals surface area contributed by atoms with E-state index in [1.165, 1.54) is 4.31 Å². The fourth-order valence-electron chi connectivity index (χ4n) is 3.71. The highest BCUT2D eigenvalue weighted by Gasteiger charge is 2.33. The van der Waals surface area contributed by atoms with Crippen molar-refractivity contribution in [2.45, 2.75) is 37.5 Å². The highest BCUT2D eigenvalue weighted by Crippen LogP contribution is 2.24. The van der Waals surface area contributed by atoms with Gasteiger partial charge in [0, 0.05) is 19.6 Å². The summed E-state index contributed by atoms with van der Waals surface area (Å²) in [4.78, 5) is 12.9. The van der Waals surface area contributed by atoms with E-state index in [-0.39, 0.29) is 23.3 Å². The Morgan fingerprint density at radius 3 is 2.70 bits per heavy atom. The molecule has 162 valence electrons. The lowest BCUT2D eigenvalue weighted by molar-refractivity contribution is -0.126. The largest absolute Gasteiger partial charge is 0.497 e. The zero-order valence-corrected chi connectivity index (χ0v) is 18.5. The molecular formula is C23H30N2O4S. The third-order valence-electron chi connectivity index (χ3n) is 5.49. The van der Waals surface area contributed by atoms with E-state index in [4.69, 9.17) is 4.74 Å². The van der Waals surface area contributed by atoms with Gasteiger partial charge in [-0.3, -0.25) is 4.79 Å². The molecule has 1 aliphatic heterocycles. The number of carbonyl (C=O) groups is 1. The van der Waals surface area contributed by atoms with Crippen molar-refractivity contribution >= 4 is 15.9 Å². The van der Waals surface area contributed by atoms with Crippen LogP contribution in [0.3, 0.4) is 0 Å². The highest BCUT2D eigenvalue weighted by atomic mass is 32.2. The molecule has 1 saturated heterocycles. The van der Waals surface area contributed by atoms with Crippen molar-refractivity contribution in [3.63, 3.8) is 0 Å². The Morgan fingerprint density at radius 2 is 1.97 bits per heavy atom. The molecule has 1 fully saturated rings. The third-order valence-corrected chi connectivity index (χ3v) is 7.37. The molecule has 0 saturated carbocycles. The molecule has 30 heavy (non-hydrogen) atoms. The Hall–Kier alpha value is -2.38. The number of hydrogen-bond acceptors (Lipinski definition) is 4. The molecule has 2 aromatic rings. The van der Waals surface area contributed by atoms with Gasteiger partial charge in [-0.15, -0.1) is 0 Å². The number of carbonyl (C=O) groups excluding carboxylic acids is 1. The lowest BCUT2D eigenvalue weighted by Crippen LogP contribution is -2.45. The van der Waals surface area contributed by atoms with Crippen LogP contribution in [-0.4, -0.2) is 45.4 Å². The second kappa shape index (κ2) is 10.1. The molecule has 1 N–H and O–H groups in total. The van der Waals surface area contributed by atoms with E-state index in [0.717, 1.165) is 29.7 Å². The Bertz CT molecular complexity index is 957. The minimum atomic E-state index is -3.57. The molecule has 1 amide bonds. The van der Waals surface area contributed by atoms with Crippen LogP contribution < -0.4 is 10.1 Å². The van der Waals surface area contributed by atoms with Gasteiger partial charge in [0.15, 0.2) is 0 Å². The number of ether oxygens (including phenoxy) is 1. The van der Waals surface area contributed by atoms with Crippen LogP contribution >= 0.6 is 0 Å². The molecule has 1 aliphatic rings. The predicted molar refractivity (Wildman–Crippen MR) is 117 cm³/mol. The Morgan fingerprint density at radius 1 is 1.20 bits per heavy atom. The molecule has 0 radical (unpaired) electrons. The summed E-state index contributed by atoms with van der Waals surface area (Å²) in [5.41, 5.74) is 2.18. The number of rotatable bonds is 8. The summed E-state index contributed by atoms with van der Waals surface area (Å²) in [6.45, 7) is 3.18. The number of nitrogens with zero attached hydrogens (tertiary/aromatic N) is 1. The van der Waals surface area contributed by atoms with E-state index in [0.29, 0.717) is 25.9 Å². The fraction of sp³-hybridized carbons (Fsp3) is 0.435. The van der Waals surface area contributed by atoms with Crippen molar-refractivity contribution in [2.75, 3.05) is 26.7 Å². The summed E-state index contributed by atoms with van der Waals surface area (Å²) >= 11 is 0. The van der Waals surface area contributed by atoms with Crippen LogP contribution in [0.25, 0.3) is 0 Å². The third kappa shape index (κ3) is 5.61. The molecule has 2 aromatic carbocycles. The SMILES string of the molecule is COc1cccc(CCCNC(=O)[C@H]2CCCN(S(=O)(=O)c3ccc(C)cc3)C2)c1. The lowest BCUT2D eigenvalue weighted by Gasteiger charge is -2.31. The first-order valence-corrected chi connectivity index (χ1v) is 11.8. The van der Waals surface area contributed by atoms with Crippen LogP contribution in [0, 0.1) is 12.8 Å². The smallest absolute Gasteiger partial charge is 0.243 e. The van der Waals surface area contributed by atoms with Gasteiger partial charge in [0.05, 0.1) is 17.9 Å². The summed E-state index contributed by atoms with van der Waals surface area (Å²) in [5, 5.41) is 2.98. The molecule has 1 heterocycles. The zero-order valence-electron chi connectivity index (χ0n) is 17.6. The maximum atomic E-state index is 12.9. The van der Waals surface area contributed by atoms with Crippen LogP contribution in [0.2, 0.25) is 0 Å². The minimum Gasteiger partial charge on any atom is -0.497 e. The number of methoxy groups -OCH3 is 1. The maximum absolute atomic E-state index is 12.9. The van der Waals surface area contributed by atoms with Gasteiger partial charge in [-0.1, -0.05) is 29.8 Å². The number of amides is 1. The monoisotopic (exact) mass is 430 g/mol. The summed E-state index contributed by atoms with van der Waals surface area (Å²) in [6, 6.07) is 14.8. The van der Waals surface area contributed by atoms with E-state index in [2.05, 4.69) is 5.32 Å². The summed E-state index contributed by atoms with van der Waals surface area (Å²) in [7, 11) is -1.93. The van der Waals surface area contributed by atoms with Gasteiger partial charge in [0.25, 0.3) is 0 Å². The topological polar surface area (TPSA) is 75.7 Å². The minimum absolute atomic E-state index is 0.0653. The molecular weight excluding hydrogens is 400 g/mol. The number of sulfonamides is 1. The van der Waals surface area contributed by atoms with Gasteiger partial charge in [0.2, 0.25) is 15.9 Å². The molecule has 7 heteroatoms. The molecule has 1 atom stereocenters. The quantitative estimate of drug-likeness (QED) is 0.653. The number of aryl methyl sites for hydroxylation is 2. The van der Waals surface area contributed by atoms with Crippen molar-refractivity contribution in [3.8, 4) is 5.75 Å². The molecule has 3 rings (SSSR count). The first-order chi connectivity index (χ1) is 14.4. The second-order valence-electron chi connectivity index (χ2n) is 7.76. The average molecular weight is 431 g/mol. The van der Waals surface area contributed by atoms with Crippen molar-refractivity contribution in [2.24, 2.45) is 5.92 Å². The Kier molecular flexibility index (Phi) is 7.50. The summed E-state index contributed by atoms with van der Waals surface area (Å²) < 4.78 is 32.5. The van der Waals surface area contributed by atoms with Crippen LogP contribution in [-0.2, 0) is 21.2 Å². The maximum Gasteiger partial charge on any atom is 0.243 e. The van der Waals surface area contributed by atoms with Gasteiger partial charge in [-0.25, -0.2) is 8.42 Å². The molecule has 0 bridgehead atoms. The van der Waals surface area contributed by atoms with Crippen molar-refractivity contribution < 1.29 is 17.9 Å². The summed E-state index contributed by atoms with van der Waals surface area (Å²) in [5.74, 6) is 0.453. The van der Waals surface area contributed by atoms with Gasteiger partial charge in [-0.2, -0.15) is 4.31 Å². The van der Waals surface area contributed by atoms with Crippen LogP contribution in [0.1, 0.15) is 30.4 Å². The molecule has 6 nitrogen and oxygen atoms in total. The lowest BCUT2D eigenvalue weighted by atomic mass is 9.99. The molecule has 0 aromatic heterocycles. The van der Waals surface area contributed by atoms with Crippen LogP contribution in [0.4, 0.5) is 0 Å². The Labute approximate surface area is 179 Å². The number of nitrogens with one attached hydrogen (secondary N) is 1. The summed E-state index contributed by atoms with van der Waals surface area (Å²) in [6.07, 6.45) is 3.06. The van der Waals surface area contributed by atoms with E-state index < -0.39 is 10.0 Å². The molecule has 0 aliphatic carbocycles. The average Bonchev–Trinajstić information content (AvgIpc) is 2.77. The first-order valence-electron chi connectivity index (χ1n) is 10.4. The van der Waals surface area contributed by atoms with E-state index in [1.807, 2.05) is 31.2 Å². The molecule has 0 unspecified atom stereocenters. The standard InChI is InChI=1S/C23H30N2O4S/c1-18-10-12-22(13-11-18)30(27,28)25-15-5-8-20(17-25)23(26)24-14-4-7-19-6-3-9-21(16-19)29-2/h3,6,9-13,16,20H,4-5,7-8,14-15,17H2,1-2H3,(H,24,26)/t20-/m0/s1. The van der Waals surface area contributed by atoms with E-state index >= 15 is 0 Å². The van der Waals surface area contributed by atoms with Crippen LogP contribution in [0.5, 0.6) is 5.75 Å². The van der Waals surface area contributed by atoms with Crippen molar-refractivity contribution in [3.05, 3.63) is 59.7 Å². The van der Waals surface area contributed by atoms with Crippen LogP contribution in [0.15, 0.2) is 53.4 Å². The second-order valence-corrected chi connectivity index (χ2v) is 9.70. The van der Waals surface area contributed by atoms with Gasteiger partial charge < -0.3 is 10.1 Å². The highest BCUT2D eigenvalue weighted by molar-refractivity contribution is 7.89. The zero-order chi connectivity index (χ0) is 21.6. The Balaban J connectivity index is 1.50. The number of hydrogen-bond donors (Lipinski definition) is 1. The van der Waals surface area contributed by atoms with Crippen molar-refractivity contribution in [1.29, 1.82) is 0 Å². The van der Waals surface area contributed by atoms with Crippen molar-refractivity contribution in [1.82, 2.24) is 9.62 Å². The van der Waals surface area contributed by atoms with Gasteiger partial charge >= 0.3 is 0 Å². The normalized spacial score (nSPS) is 17.5. The number of benzene rings is 2.